The van der Waals surface area contributed by atoms with E-state index in [-0.39, 0.29) is 12.3 Å². The molecule has 0 aliphatic carbocycles. The van der Waals surface area contributed by atoms with E-state index in [1.807, 2.05) is 78.6 Å². The van der Waals surface area contributed by atoms with E-state index in [0.717, 1.165) is 44.7 Å². The van der Waals surface area contributed by atoms with Crippen LogP contribution in [0.1, 0.15) is 53.2 Å². The molecule has 1 heterocycles. The van der Waals surface area contributed by atoms with Gasteiger partial charge in [0.2, 0.25) is 5.76 Å². The minimum atomic E-state index is -4.57. The Morgan fingerprint density at radius 2 is 1.61 bits per heavy atom. The fourth-order valence-corrected chi connectivity index (χ4v) is 5.27. The van der Waals surface area contributed by atoms with Gasteiger partial charge in [0.05, 0.1) is 23.6 Å². The van der Waals surface area contributed by atoms with E-state index in [1.54, 1.807) is 26.0 Å². The van der Waals surface area contributed by atoms with Crippen LogP contribution in [0.3, 0.4) is 0 Å². The van der Waals surface area contributed by atoms with E-state index in [2.05, 4.69) is 6.07 Å². The fourth-order valence-electron chi connectivity index (χ4n) is 5.27. The predicted molar refractivity (Wildman–Crippen MR) is 163 cm³/mol. The Kier molecular flexibility index (Phi) is 8.36. The first-order chi connectivity index (χ1) is 20.8. The zero-order valence-corrected chi connectivity index (χ0v) is 24.6. The highest BCUT2D eigenvalue weighted by molar-refractivity contribution is 5.88. The van der Waals surface area contributed by atoms with Crippen LogP contribution >= 0.6 is 0 Å². The van der Waals surface area contributed by atoms with Gasteiger partial charge in [0.15, 0.2) is 0 Å². The van der Waals surface area contributed by atoms with Gasteiger partial charge in [0.1, 0.15) is 5.76 Å². The number of carboxylic acid groups (broad SMARTS) is 1. The minimum Gasteiger partial charge on any atom is -0.481 e. The van der Waals surface area contributed by atoms with Gasteiger partial charge in [-0.3, -0.25) is 9.69 Å². The zero-order valence-electron chi connectivity index (χ0n) is 24.6. The summed E-state index contributed by atoms with van der Waals surface area (Å²) in [5.41, 5.74) is 4.91. The Hall–Kier alpha value is -4.87. The normalized spacial score (nSPS) is 12.0. The molecule has 0 unspecified atom stereocenters. The van der Waals surface area contributed by atoms with Crippen molar-refractivity contribution in [2.24, 2.45) is 0 Å². The quantitative estimate of drug-likeness (QED) is 0.184. The Morgan fingerprint density at radius 1 is 0.886 bits per heavy atom. The number of hydrogen-bond acceptors (Lipinski definition) is 4. The molecule has 0 atom stereocenters. The predicted octanol–water partition coefficient (Wildman–Crippen LogP) is 8.86. The number of halogens is 3. The van der Waals surface area contributed by atoms with Crippen molar-refractivity contribution in [1.82, 2.24) is 4.90 Å². The van der Waals surface area contributed by atoms with Crippen LogP contribution in [0, 0.1) is 18.3 Å². The van der Waals surface area contributed by atoms with Crippen LogP contribution < -0.4 is 0 Å². The molecule has 5 nitrogen and oxygen atoms in total. The first-order valence-electron chi connectivity index (χ1n) is 14.1. The van der Waals surface area contributed by atoms with Gasteiger partial charge >= 0.3 is 12.1 Å². The van der Waals surface area contributed by atoms with Gasteiger partial charge in [-0.05, 0) is 89.2 Å². The van der Waals surface area contributed by atoms with E-state index in [4.69, 9.17) is 4.42 Å². The maximum absolute atomic E-state index is 13.3. The first-order valence-corrected chi connectivity index (χ1v) is 14.1. The molecule has 0 spiro atoms. The Balaban J connectivity index is 1.46. The smallest absolute Gasteiger partial charge is 0.449 e. The summed E-state index contributed by atoms with van der Waals surface area (Å²) < 4.78 is 45.0. The number of fused-ring (bicyclic) bond motifs is 1. The standard InChI is InChI=1S/C36H31F3N2O3/c1-23-7-11-27-14-10-25(19-40)17-31(27)32(23)22-41(21-30-15-16-33(44-30)36(37,38)39)20-24-8-12-26(13-9-24)28-5-4-6-29(18-28)35(2,3)34(42)43/h4-18H,20-22H2,1-3H3,(H,42,43). The van der Waals surface area contributed by atoms with Crippen LogP contribution in [0.15, 0.2) is 95.4 Å². The van der Waals surface area contributed by atoms with Crippen LogP contribution in [0.2, 0.25) is 0 Å². The molecule has 44 heavy (non-hydrogen) atoms. The number of nitrogens with zero attached hydrogens (tertiary/aromatic N) is 2. The van der Waals surface area contributed by atoms with Crippen LogP contribution in [0.5, 0.6) is 0 Å². The van der Waals surface area contributed by atoms with Gasteiger partial charge in [-0.15, -0.1) is 0 Å². The average molecular weight is 597 g/mol. The molecule has 1 aromatic heterocycles. The van der Waals surface area contributed by atoms with Crippen LogP contribution in [0.25, 0.3) is 21.9 Å². The van der Waals surface area contributed by atoms with Gasteiger partial charge in [0, 0.05) is 13.1 Å². The summed E-state index contributed by atoms with van der Waals surface area (Å²) in [4.78, 5) is 13.8. The molecule has 8 heteroatoms. The summed E-state index contributed by atoms with van der Waals surface area (Å²) in [7, 11) is 0. The van der Waals surface area contributed by atoms with E-state index in [9.17, 15) is 28.3 Å². The zero-order chi connectivity index (χ0) is 31.6. The summed E-state index contributed by atoms with van der Waals surface area (Å²) >= 11 is 0. The molecule has 0 saturated carbocycles. The second-order valence-corrected chi connectivity index (χ2v) is 11.5. The number of nitriles is 1. The van der Waals surface area contributed by atoms with E-state index in [0.29, 0.717) is 24.2 Å². The van der Waals surface area contributed by atoms with Crippen LogP contribution in [-0.4, -0.2) is 16.0 Å². The molecule has 0 aliphatic rings. The summed E-state index contributed by atoms with van der Waals surface area (Å²) in [6.07, 6.45) is -4.57. The number of alkyl halides is 3. The topological polar surface area (TPSA) is 77.5 Å². The number of aryl methyl sites for hydroxylation is 1. The minimum absolute atomic E-state index is 0.137. The van der Waals surface area contributed by atoms with Crippen molar-refractivity contribution in [2.45, 2.75) is 52.0 Å². The summed E-state index contributed by atoms with van der Waals surface area (Å²) in [6, 6.07) is 29.3. The fraction of sp³-hybridized carbons (Fsp3) is 0.222. The summed E-state index contributed by atoms with van der Waals surface area (Å²) in [6.45, 7) is 6.28. The van der Waals surface area contributed by atoms with Crippen molar-refractivity contribution in [3.05, 3.63) is 130 Å². The van der Waals surface area contributed by atoms with Gasteiger partial charge < -0.3 is 9.52 Å². The van der Waals surface area contributed by atoms with E-state index >= 15 is 0 Å². The molecule has 0 aliphatic heterocycles. The van der Waals surface area contributed by atoms with Crippen molar-refractivity contribution in [2.75, 3.05) is 0 Å². The average Bonchev–Trinajstić information content (AvgIpc) is 3.48. The summed E-state index contributed by atoms with van der Waals surface area (Å²) in [5.74, 6) is -1.75. The molecule has 224 valence electrons. The lowest BCUT2D eigenvalue weighted by atomic mass is 9.83. The van der Waals surface area contributed by atoms with E-state index < -0.39 is 23.3 Å². The van der Waals surface area contributed by atoms with Crippen LogP contribution in [0.4, 0.5) is 13.2 Å². The molecular formula is C36H31F3N2O3. The third kappa shape index (κ3) is 6.53. The lowest BCUT2D eigenvalue weighted by molar-refractivity contribution is -0.153. The van der Waals surface area contributed by atoms with Gasteiger partial charge in [0.25, 0.3) is 0 Å². The van der Waals surface area contributed by atoms with Crippen molar-refractivity contribution >= 4 is 16.7 Å². The number of carboxylic acids is 1. The number of furan rings is 1. The second kappa shape index (κ2) is 12.0. The first kappa shape index (κ1) is 30.6. The number of benzene rings is 4. The monoisotopic (exact) mass is 596 g/mol. The Bertz CT molecular complexity index is 1860. The Morgan fingerprint density at radius 3 is 2.27 bits per heavy atom. The highest BCUT2D eigenvalue weighted by Gasteiger charge is 2.35. The largest absolute Gasteiger partial charge is 0.481 e. The van der Waals surface area contributed by atoms with Gasteiger partial charge in [-0.25, -0.2) is 0 Å². The molecule has 0 bridgehead atoms. The summed E-state index contributed by atoms with van der Waals surface area (Å²) in [5, 5.41) is 21.0. The molecule has 0 radical (unpaired) electrons. The van der Waals surface area contributed by atoms with Crippen molar-refractivity contribution in [3.63, 3.8) is 0 Å². The van der Waals surface area contributed by atoms with Gasteiger partial charge in [-0.1, -0.05) is 66.7 Å². The molecule has 0 saturated heterocycles. The molecule has 1 N–H and O–H groups in total. The highest BCUT2D eigenvalue weighted by Crippen LogP contribution is 2.33. The highest BCUT2D eigenvalue weighted by atomic mass is 19.4. The lowest BCUT2D eigenvalue weighted by Gasteiger charge is -2.24. The van der Waals surface area contributed by atoms with Crippen molar-refractivity contribution < 1.29 is 27.5 Å². The number of carbonyl (C=O) groups is 1. The second-order valence-electron chi connectivity index (χ2n) is 11.5. The number of hydrogen-bond donors (Lipinski definition) is 1. The van der Waals surface area contributed by atoms with Gasteiger partial charge in [-0.2, -0.15) is 18.4 Å². The third-order valence-electron chi connectivity index (χ3n) is 8.01. The molecule has 5 aromatic rings. The third-order valence-corrected chi connectivity index (χ3v) is 8.01. The Labute approximate surface area is 253 Å². The van der Waals surface area contributed by atoms with Crippen molar-refractivity contribution in [3.8, 4) is 17.2 Å². The molecule has 0 fully saturated rings. The van der Waals surface area contributed by atoms with E-state index in [1.165, 1.54) is 6.07 Å². The molecule has 5 rings (SSSR count). The van der Waals surface area contributed by atoms with Crippen LogP contribution in [-0.2, 0) is 36.0 Å². The molecule has 0 amide bonds. The number of rotatable bonds is 9. The maximum atomic E-state index is 13.3. The van der Waals surface area contributed by atoms with Crippen molar-refractivity contribution in [1.29, 1.82) is 5.26 Å². The number of aliphatic carboxylic acids is 1. The lowest BCUT2D eigenvalue weighted by Crippen LogP contribution is -2.28. The molecular weight excluding hydrogens is 565 g/mol. The maximum Gasteiger partial charge on any atom is 0.449 e. The SMILES string of the molecule is Cc1ccc2ccc(C#N)cc2c1CN(Cc1ccc(-c2cccc(C(C)(C)C(=O)O)c2)cc1)Cc1ccc(C(F)(F)F)o1. The molecule has 4 aromatic carbocycles.